The van der Waals surface area contributed by atoms with Crippen LogP contribution in [0.3, 0.4) is 0 Å². The highest BCUT2D eigenvalue weighted by atomic mass is 35.5. The molecule has 0 atom stereocenters. The lowest BCUT2D eigenvalue weighted by atomic mass is 9.93. The predicted octanol–water partition coefficient (Wildman–Crippen LogP) is 4.93. The van der Waals surface area contributed by atoms with Crippen LogP contribution in [0.2, 0.25) is 10.3 Å². The van der Waals surface area contributed by atoms with Crippen LogP contribution in [0.4, 0.5) is 0 Å². The van der Waals surface area contributed by atoms with Crippen LogP contribution < -0.4 is 0 Å². The molecule has 5 heteroatoms. The highest BCUT2D eigenvalue weighted by molar-refractivity contribution is 6.34. The van der Waals surface area contributed by atoms with Gasteiger partial charge in [-0.2, -0.15) is 0 Å². The van der Waals surface area contributed by atoms with Gasteiger partial charge in [-0.25, -0.2) is 9.97 Å². The highest BCUT2D eigenvalue weighted by Gasteiger charge is 2.37. The number of nitrogens with zero attached hydrogens (tertiary/aromatic N) is 2. The Labute approximate surface area is 131 Å². The van der Waals surface area contributed by atoms with Gasteiger partial charge < -0.3 is 4.74 Å². The van der Waals surface area contributed by atoms with Gasteiger partial charge in [-0.3, -0.25) is 0 Å². The van der Waals surface area contributed by atoms with Gasteiger partial charge in [0.2, 0.25) is 0 Å². The lowest BCUT2D eigenvalue weighted by Crippen LogP contribution is -2.32. The Hall–Kier alpha value is -0.380. The minimum Gasteiger partial charge on any atom is -0.367 e. The van der Waals surface area contributed by atoms with Gasteiger partial charge in [0.05, 0.1) is 0 Å². The van der Waals surface area contributed by atoms with E-state index in [9.17, 15) is 0 Å². The van der Waals surface area contributed by atoms with Gasteiger partial charge >= 0.3 is 0 Å². The fourth-order valence-electron chi connectivity index (χ4n) is 2.93. The SMILES string of the molecule is CCOC1(c2nc(Cl)c(CC)c(Cl)n2)CCCCCC1. The summed E-state index contributed by atoms with van der Waals surface area (Å²) in [5.41, 5.74) is 0.405. The van der Waals surface area contributed by atoms with E-state index in [4.69, 9.17) is 27.9 Å². The molecule has 1 aromatic rings. The Kier molecular flexibility index (Phi) is 5.65. The summed E-state index contributed by atoms with van der Waals surface area (Å²) in [4.78, 5) is 9.01. The molecule has 20 heavy (non-hydrogen) atoms. The first-order valence-corrected chi connectivity index (χ1v) is 8.25. The summed E-state index contributed by atoms with van der Waals surface area (Å²) in [5, 5.41) is 0.927. The average molecular weight is 317 g/mol. The number of rotatable bonds is 4. The van der Waals surface area contributed by atoms with Crippen molar-refractivity contribution in [1.82, 2.24) is 9.97 Å². The number of halogens is 2. The minimum absolute atomic E-state index is 0.412. The second-order valence-electron chi connectivity index (χ2n) is 5.30. The van der Waals surface area contributed by atoms with E-state index in [2.05, 4.69) is 9.97 Å². The van der Waals surface area contributed by atoms with Crippen LogP contribution in [0, 0.1) is 0 Å². The van der Waals surface area contributed by atoms with Crippen molar-refractivity contribution in [3.63, 3.8) is 0 Å². The van der Waals surface area contributed by atoms with Gasteiger partial charge in [0.1, 0.15) is 15.9 Å². The van der Waals surface area contributed by atoms with Crippen LogP contribution in [-0.4, -0.2) is 16.6 Å². The molecule has 2 rings (SSSR count). The normalized spacial score (nSPS) is 18.8. The molecule has 3 nitrogen and oxygen atoms in total. The van der Waals surface area contributed by atoms with E-state index < -0.39 is 5.60 Å². The maximum Gasteiger partial charge on any atom is 0.163 e. The van der Waals surface area contributed by atoms with Crippen molar-refractivity contribution in [2.45, 2.75) is 64.4 Å². The lowest BCUT2D eigenvalue weighted by molar-refractivity contribution is -0.0624. The molecule has 1 heterocycles. The fraction of sp³-hybridized carbons (Fsp3) is 0.733. The highest BCUT2D eigenvalue weighted by Crippen LogP contribution is 2.39. The third kappa shape index (κ3) is 3.26. The lowest BCUT2D eigenvalue weighted by Gasteiger charge is -2.31. The summed E-state index contributed by atoms with van der Waals surface area (Å²) in [6, 6.07) is 0. The number of ether oxygens (including phenoxy) is 1. The van der Waals surface area contributed by atoms with Crippen LogP contribution >= 0.6 is 23.2 Å². The molecule has 0 aliphatic heterocycles. The molecule has 1 aliphatic rings. The summed E-state index contributed by atoms with van der Waals surface area (Å²) in [5.74, 6) is 0.661. The largest absolute Gasteiger partial charge is 0.367 e. The summed E-state index contributed by atoms with van der Waals surface area (Å²) < 4.78 is 6.08. The number of hydrogen-bond donors (Lipinski definition) is 0. The zero-order valence-corrected chi connectivity index (χ0v) is 13.7. The van der Waals surface area contributed by atoms with Crippen molar-refractivity contribution in [2.75, 3.05) is 6.61 Å². The summed E-state index contributed by atoms with van der Waals surface area (Å²) >= 11 is 12.5. The van der Waals surface area contributed by atoms with E-state index in [-0.39, 0.29) is 0 Å². The average Bonchev–Trinajstić information content (AvgIpc) is 2.65. The van der Waals surface area contributed by atoms with E-state index in [0.717, 1.165) is 37.7 Å². The first kappa shape index (κ1) is 16.0. The summed E-state index contributed by atoms with van der Waals surface area (Å²) in [7, 11) is 0. The van der Waals surface area contributed by atoms with Crippen molar-refractivity contribution in [3.05, 3.63) is 21.7 Å². The zero-order valence-electron chi connectivity index (χ0n) is 12.2. The Morgan fingerprint density at radius 1 is 1.00 bits per heavy atom. The molecular formula is C15H22Cl2N2O. The Morgan fingerprint density at radius 3 is 2.00 bits per heavy atom. The fourth-order valence-corrected chi connectivity index (χ4v) is 3.59. The van der Waals surface area contributed by atoms with Crippen molar-refractivity contribution >= 4 is 23.2 Å². The summed E-state index contributed by atoms with van der Waals surface area (Å²) in [6.07, 6.45) is 7.37. The van der Waals surface area contributed by atoms with E-state index in [1.54, 1.807) is 0 Å². The van der Waals surface area contributed by atoms with Gasteiger partial charge in [-0.1, -0.05) is 55.8 Å². The van der Waals surface area contributed by atoms with Crippen LogP contribution in [0.5, 0.6) is 0 Å². The molecule has 1 fully saturated rings. The van der Waals surface area contributed by atoms with E-state index in [1.165, 1.54) is 12.8 Å². The zero-order chi connectivity index (χ0) is 14.6. The van der Waals surface area contributed by atoms with E-state index in [0.29, 0.717) is 22.7 Å². The Bertz CT molecular complexity index is 434. The molecule has 1 aromatic heterocycles. The third-order valence-corrected chi connectivity index (χ3v) is 4.62. The number of aromatic nitrogens is 2. The van der Waals surface area contributed by atoms with Crippen LogP contribution in [0.25, 0.3) is 0 Å². The number of hydrogen-bond acceptors (Lipinski definition) is 3. The van der Waals surface area contributed by atoms with Crippen molar-refractivity contribution in [2.24, 2.45) is 0 Å². The molecule has 0 radical (unpaired) electrons. The van der Waals surface area contributed by atoms with Crippen LogP contribution in [0.15, 0.2) is 0 Å². The topological polar surface area (TPSA) is 35.0 Å². The molecule has 0 N–H and O–H groups in total. The predicted molar refractivity (Wildman–Crippen MR) is 82.4 cm³/mol. The molecule has 0 amide bonds. The smallest absolute Gasteiger partial charge is 0.163 e. The van der Waals surface area contributed by atoms with Gasteiger partial charge in [0.25, 0.3) is 0 Å². The molecule has 0 spiro atoms. The second kappa shape index (κ2) is 7.06. The maximum absolute atomic E-state index is 6.27. The van der Waals surface area contributed by atoms with Gasteiger partial charge in [-0.15, -0.1) is 0 Å². The molecule has 0 bridgehead atoms. The van der Waals surface area contributed by atoms with Crippen molar-refractivity contribution in [3.8, 4) is 0 Å². The van der Waals surface area contributed by atoms with Crippen molar-refractivity contribution in [1.29, 1.82) is 0 Å². The molecule has 0 unspecified atom stereocenters. The molecular weight excluding hydrogens is 295 g/mol. The minimum atomic E-state index is -0.412. The van der Waals surface area contributed by atoms with Crippen LogP contribution in [0.1, 0.15) is 63.8 Å². The molecule has 1 saturated carbocycles. The van der Waals surface area contributed by atoms with Gasteiger partial charge in [0, 0.05) is 12.2 Å². The molecule has 1 aliphatic carbocycles. The first-order valence-electron chi connectivity index (χ1n) is 7.49. The van der Waals surface area contributed by atoms with Crippen molar-refractivity contribution < 1.29 is 4.74 Å². The first-order chi connectivity index (χ1) is 9.63. The molecule has 112 valence electrons. The maximum atomic E-state index is 6.27. The van der Waals surface area contributed by atoms with E-state index in [1.807, 2.05) is 13.8 Å². The summed E-state index contributed by atoms with van der Waals surface area (Å²) in [6.45, 7) is 4.66. The third-order valence-electron chi connectivity index (χ3n) is 4.00. The quantitative estimate of drug-likeness (QED) is 0.583. The molecule has 0 aromatic carbocycles. The standard InChI is InChI=1S/C15H22Cl2N2O/c1-3-11-12(16)18-14(19-13(11)17)15(20-4-2)9-7-5-6-8-10-15/h3-10H2,1-2H3. The monoisotopic (exact) mass is 316 g/mol. The molecule has 0 saturated heterocycles. The Balaban J connectivity index is 2.43. The second-order valence-corrected chi connectivity index (χ2v) is 6.02. The van der Waals surface area contributed by atoms with Gasteiger partial charge in [-0.05, 0) is 26.2 Å². The van der Waals surface area contributed by atoms with Crippen LogP contribution in [-0.2, 0) is 16.8 Å². The van der Waals surface area contributed by atoms with E-state index >= 15 is 0 Å². The van der Waals surface area contributed by atoms with Gasteiger partial charge in [0.15, 0.2) is 5.82 Å². The Morgan fingerprint density at radius 2 is 1.55 bits per heavy atom.